The van der Waals surface area contributed by atoms with E-state index >= 15 is 0 Å². The second-order valence-electron chi connectivity index (χ2n) is 4.84. The summed E-state index contributed by atoms with van der Waals surface area (Å²) in [6, 6.07) is 7.24. The highest BCUT2D eigenvalue weighted by atomic mass is 35.5. The van der Waals surface area contributed by atoms with Gasteiger partial charge in [-0.25, -0.2) is 14.8 Å². The second-order valence-corrected chi connectivity index (χ2v) is 5.28. The number of aromatic nitrogens is 2. The molecular weight excluding hydrogens is 306 g/mol. The van der Waals surface area contributed by atoms with Crippen molar-refractivity contribution in [2.24, 2.45) is 29.1 Å². The molecule has 8 heteroatoms. The van der Waals surface area contributed by atoms with Crippen LogP contribution in [0.2, 0.25) is 5.02 Å². The lowest BCUT2D eigenvalue weighted by Crippen LogP contribution is -2.55. The van der Waals surface area contributed by atoms with Crippen LogP contribution in [-0.4, -0.2) is 15.1 Å². The van der Waals surface area contributed by atoms with Crippen LogP contribution in [0.15, 0.2) is 48.8 Å². The fourth-order valence-electron chi connectivity index (χ4n) is 2.08. The molecule has 0 unspecified atom stereocenters. The van der Waals surface area contributed by atoms with Crippen molar-refractivity contribution in [2.75, 3.05) is 0 Å². The summed E-state index contributed by atoms with van der Waals surface area (Å²) in [5.74, 6) is 0.184. The summed E-state index contributed by atoms with van der Waals surface area (Å²) in [7, 11) is 2.95. The van der Waals surface area contributed by atoms with Crippen molar-refractivity contribution < 1.29 is 0 Å². The molecule has 1 aliphatic heterocycles. The van der Waals surface area contributed by atoms with Crippen molar-refractivity contribution in [1.82, 2.24) is 9.13 Å². The van der Waals surface area contributed by atoms with Gasteiger partial charge in [-0.3, -0.25) is 13.9 Å². The van der Waals surface area contributed by atoms with Gasteiger partial charge in [0.2, 0.25) is 5.96 Å². The minimum absolute atomic E-state index is 0.138. The molecule has 0 bridgehead atoms. The van der Waals surface area contributed by atoms with Crippen molar-refractivity contribution in [1.29, 1.82) is 0 Å². The van der Waals surface area contributed by atoms with Crippen LogP contribution in [0.3, 0.4) is 0 Å². The van der Waals surface area contributed by atoms with Crippen LogP contribution in [0.4, 0.5) is 0 Å². The third-order valence-corrected chi connectivity index (χ3v) is 3.60. The average molecular weight is 318 g/mol. The van der Waals surface area contributed by atoms with E-state index in [1.165, 1.54) is 11.6 Å². The van der Waals surface area contributed by atoms with Crippen molar-refractivity contribution in [2.45, 2.75) is 6.54 Å². The van der Waals surface area contributed by atoms with E-state index in [0.29, 0.717) is 11.6 Å². The van der Waals surface area contributed by atoms with Gasteiger partial charge < -0.3 is 0 Å². The molecule has 0 saturated heterocycles. The molecule has 0 saturated carbocycles. The zero-order valence-electron chi connectivity index (χ0n) is 11.9. The van der Waals surface area contributed by atoms with E-state index in [1.54, 1.807) is 19.2 Å². The van der Waals surface area contributed by atoms with Crippen LogP contribution < -0.4 is 22.1 Å². The van der Waals surface area contributed by atoms with Crippen molar-refractivity contribution in [3.05, 3.63) is 66.5 Å². The molecular formula is C14H12ClN5O2. The van der Waals surface area contributed by atoms with E-state index in [2.05, 4.69) is 15.0 Å². The summed E-state index contributed by atoms with van der Waals surface area (Å²) in [4.78, 5) is 36.4. The minimum atomic E-state index is -0.474. The zero-order chi connectivity index (χ0) is 15.9. The number of fused-ring (bicyclic) bond motifs is 1. The van der Waals surface area contributed by atoms with Crippen LogP contribution in [0.25, 0.3) is 0 Å². The molecule has 0 aliphatic carbocycles. The molecule has 22 heavy (non-hydrogen) atoms. The van der Waals surface area contributed by atoms with E-state index in [4.69, 9.17) is 11.6 Å². The normalized spacial score (nSPS) is 14.6. The summed E-state index contributed by atoms with van der Waals surface area (Å²) in [5.41, 5.74) is 0.267. The smallest absolute Gasteiger partial charge is 0.279 e. The maximum Gasteiger partial charge on any atom is 0.332 e. The summed E-state index contributed by atoms with van der Waals surface area (Å²) < 4.78 is 2.28. The van der Waals surface area contributed by atoms with Crippen LogP contribution in [0.5, 0.6) is 0 Å². The van der Waals surface area contributed by atoms with Gasteiger partial charge in [-0.05, 0) is 17.7 Å². The highest BCUT2D eigenvalue weighted by molar-refractivity contribution is 6.30. The number of hydrogen-bond acceptors (Lipinski definition) is 3. The van der Waals surface area contributed by atoms with Crippen molar-refractivity contribution in [3.63, 3.8) is 0 Å². The summed E-state index contributed by atoms with van der Waals surface area (Å²) in [6.45, 7) is 0.363. The topological polar surface area (TPSA) is 81.1 Å². The maximum absolute atomic E-state index is 12.0. The van der Waals surface area contributed by atoms with Crippen molar-refractivity contribution >= 4 is 17.6 Å². The molecule has 0 radical (unpaired) electrons. The molecule has 0 N–H and O–H groups in total. The number of nitrogens with zero attached hydrogens (tertiary/aromatic N) is 5. The Morgan fingerprint density at radius 1 is 1.09 bits per heavy atom. The Balaban J connectivity index is 2.03. The van der Waals surface area contributed by atoms with Gasteiger partial charge in [0.15, 0.2) is 10.8 Å². The van der Waals surface area contributed by atoms with Gasteiger partial charge in [0.1, 0.15) is 0 Å². The molecule has 2 heterocycles. The van der Waals surface area contributed by atoms with Crippen LogP contribution in [0.1, 0.15) is 5.56 Å². The van der Waals surface area contributed by atoms with Crippen LogP contribution in [-0.2, 0) is 20.6 Å². The molecule has 1 aliphatic rings. The van der Waals surface area contributed by atoms with Gasteiger partial charge in [0, 0.05) is 19.1 Å². The highest BCUT2D eigenvalue weighted by Crippen LogP contribution is 2.10. The lowest BCUT2D eigenvalue weighted by atomic mass is 10.2. The number of rotatable bonds is 2. The van der Waals surface area contributed by atoms with Gasteiger partial charge in [-0.2, -0.15) is 4.99 Å². The highest BCUT2D eigenvalue weighted by Gasteiger charge is 2.13. The Morgan fingerprint density at radius 3 is 2.45 bits per heavy atom. The predicted octanol–water partition coefficient (Wildman–Crippen LogP) is -0.454. The molecule has 0 atom stereocenters. The first kappa shape index (κ1) is 14.4. The Kier molecular flexibility index (Phi) is 3.50. The first-order chi connectivity index (χ1) is 10.5. The largest absolute Gasteiger partial charge is 0.332 e. The predicted molar refractivity (Wildman–Crippen MR) is 81.8 cm³/mol. The Bertz CT molecular complexity index is 1020. The van der Waals surface area contributed by atoms with E-state index in [9.17, 15) is 9.59 Å². The van der Waals surface area contributed by atoms with Gasteiger partial charge in [-0.15, -0.1) is 0 Å². The Labute approximate surface area is 129 Å². The second kappa shape index (κ2) is 5.34. The van der Waals surface area contributed by atoms with E-state index in [0.717, 1.165) is 10.1 Å². The van der Waals surface area contributed by atoms with Gasteiger partial charge in [0.25, 0.3) is 5.56 Å². The first-order valence-electron chi connectivity index (χ1n) is 6.50. The van der Waals surface area contributed by atoms with E-state index in [-0.39, 0.29) is 16.8 Å². The minimum Gasteiger partial charge on any atom is -0.279 e. The third-order valence-electron chi connectivity index (χ3n) is 3.34. The van der Waals surface area contributed by atoms with Gasteiger partial charge >= 0.3 is 5.69 Å². The Morgan fingerprint density at radius 2 is 1.77 bits per heavy atom. The fourth-order valence-corrected chi connectivity index (χ4v) is 2.21. The number of hydrogen-bond donors (Lipinski definition) is 0. The van der Waals surface area contributed by atoms with Gasteiger partial charge in [0.05, 0.1) is 6.54 Å². The van der Waals surface area contributed by atoms with E-state index < -0.39 is 11.2 Å². The Hall–Kier alpha value is -2.54. The van der Waals surface area contributed by atoms with Crippen LogP contribution >= 0.6 is 11.6 Å². The summed E-state index contributed by atoms with van der Waals surface area (Å²) in [6.07, 6.45) is 0. The molecule has 3 rings (SSSR count). The number of aliphatic imine (C=N–C) groups is 1. The SMILES string of the molecule is Cn1c(=O)c2c(n(C)c1=O)=NC(=NCc1ccc(Cl)cc1)N=2. The molecule has 2 aromatic rings. The maximum atomic E-state index is 12.0. The molecule has 0 fully saturated rings. The molecule has 0 spiro atoms. The molecule has 7 nitrogen and oxygen atoms in total. The van der Waals surface area contributed by atoms with E-state index in [1.807, 2.05) is 12.1 Å². The van der Waals surface area contributed by atoms with Crippen LogP contribution in [0, 0.1) is 0 Å². The lowest BCUT2D eigenvalue weighted by Gasteiger charge is -1.98. The monoisotopic (exact) mass is 317 g/mol. The average Bonchev–Trinajstić information content (AvgIpc) is 2.95. The number of guanidine groups is 1. The molecule has 112 valence electrons. The quantitative estimate of drug-likeness (QED) is 0.751. The number of benzene rings is 1. The van der Waals surface area contributed by atoms with Crippen molar-refractivity contribution in [3.8, 4) is 0 Å². The summed E-state index contributed by atoms with van der Waals surface area (Å²) in [5, 5.41) is 0.789. The fraction of sp³-hybridized carbons (Fsp3) is 0.214. The summed E-state index contributed by atoms with van der Waals surface area (Å²) >= 11 is 5.82. The molecule has 0 amide bonds. The lowest BCUT2D eigenvalue weighted by molar-refractivity contribution is 0.648. The standard InChI is InChI=1S/C14H12ClN5O2/c1-19-11-10(12(21)20(2)14(19)22)17-13(18-11)16-7-8-3-5-9(15)6-4-8/h3-6H,7H2,1-2H3. The number of halogens is 1. The molecule has 1 aromatic heterocycles. The third kappa shape index (κ3) is 2.39. The molecule has 1 aromatic carbocycles. The first-order valence-corrected chi connectivity index (χ1v) is 6.87. The zero-order valence-corrected chi connectivity index (χ0v) is 12.7. The van der Waals surface area contributed by atoms with Gasteiger partial charge in [-0.1, -0.05) is 23.7 Å².